The van der Waals surface area contributed by atoms with Gasteiger partial charge in [0.05, 0.1) is 0 Å². The minimum absolute atomic E-state index is 0. The van der Waals surface area contributed by atoms with E-state index >= 15 is 0 Å². The maximum atomic E-state index is 4.04. The Morgan fingerprint density at radius 1 is 0.750 bits per heavy atom. The van der Waals surface area contributed by atoms with Crippen molar-refractivity contribution < 1.29 is 17.0 Å². The van der Waals surface area contributed by atoms with E-state index in [2.05, 4.69) is 65.3 Å². The Labute approximate surface area is 125 Å². The molecule has 0 spiro atoms. The van der Waals surface area contributed by atoms with Gasteiger partial charge in [0, 0.05) is 36.7 Å². The number of halogens is 1. The highest BCUT2D eigenvalue weighted by atomic mass is 35.5. The third kappa shape index (κ3) is 3.03. The van der Waals surface area contributed by atoms with Crippen LogP contribution in [0.5, 0.6) is 0 Å². The normalized spacial score (nSPS) is 9.85. The Hall–Kier alpha value is -2.19. The second-order valence-electron chi connectivity index (χ2n) is 4.57. The average molecular weight is 283 g/mol. The molecule has 0 bridgehead atoms. The van der Waals surface area contributed by atoms with Crippen LogP contribution in [-0.2, 0) is 0 Å². The van der Waals surface area contributed by atoms with Gasteiger partial charge in [0.15, 0.2) is 12.4 Å². The Balaban J connectivity index is 0.00000147. The fourth-order valence-corrected chi connectivity index (χ4v) is 2.05. The molecule has 0 atom stereocenters. The second kappa shape index (κ2) is 6.31. The van der Waals surface area contributed by atoms with Crippen LogP contribution in [0, 0.1) is 6.92 Å². The van der Waals surface area contributed by atoms with Gasteiger partial charge in [-0.05, 0) is 30.2 Å². The van der Waals surface area contributed by atoms with Gasteiger partial charge >= 0.3 is 0 Å². The first-order valence-electron chi connectivity index (χ1n) is 6.32. The monoisotopic (exact) mass is 282 g/mol. The molecule has 0 aliphatic heterocycles. The van der Waals surface area contributed by atoms with Crippen LogP contribution in [0.1, 0.15) is 5.56 Å². The first kappa shape index (κ1) is 14.2. The predicted octanol–water partition coefficient (Wildman–Crippen LogP) is 0.338. The molecule has 0 saturated heterocycles. The van der Waals surface area contributed by atoms with Gasteiger partial charge in [0.25, 0.3) is 0 Å². The van der Waals surface area contributed by atoms with E-state index < -0.39 is 0 Å². The number of aryl methyl sites for hydroxylation is 1. The summed E-state index contributed by atoms with van der Waals surface area (Å²) < 4.78 is 2.12. The summed E-state index contributed by atoms with van der Waals surface area (Å²) in [5, 5.41) is 0. The third-order valence-electron chi connectivity index (χ3n) is 3.18. The molecular weight excluding hydrogens is 268 g/mol. The zero-order valence-corrected chi connectivity index (χ0v) is 12.0. The van der Waals surface area contributed by atoms with Gasteiger partial charge in [0.1, 0.15) is 0 Å². The molecule has 0 saturated carbocycles. The number of benzene rings is 1. The number of hydrogen-bond donors (Lipinski definition) is 0. The molecule has 0 unspecified atom stereocenters. The maximum absolute atomic E-state index is 4.04. The quantitative estimate of drug-likeness (QED) is 0.620. The largest absolute Gasteiger partial charge is 1.00 e. The van der Waals surface area contributed by atoms with E-state index in [0.717, 1.165) is 0 Å². The minimum Gasteiger partial charge on any atom is -1.00 e. The summed E-state index contributed by atoms with van der Waals surface area (Å²) in [4.78, 5) is 4.04. The van der Waals surface area contributed by atoms with Crippen molar-refractivity contribution in [1.82, 2.24) is 4.98 Å². The molecule has 100 valence electrons. The molecule has 3 heteroatoms. The topological polar surface area (TPSA) is 16.8 Å². The lowest BCUT2D eigenvalue weighted by molar-refractivity contribution is -0.595. The van der Waals surface area contributed by atoms with Gasteiger partial charge in [-0.25, -0.2) is 0 Å². The van der Waals surface area contributed by atoms with Crippen LogP contribution in [0.3, 0.4) is 0 Å². The first-order valence-corrected chi connectivity index (χ1v) is 6.32. The van der Waals surface area contributed by atoms with Crippen molar-refractivity contribution in [2.45, 2.75) is 6.92 Å². The smallest absolute Gasteiger partial charge is 0.210 e. The zero-order chi connectivity index (χ0) is 13.1. The van der Waals surface area contributed by atoms with Crippen LogP contribution in [0.4, 0.5) is 0 Å². The Bertz CT molecular complexity index is 662. The van der Waals surface area contributed by atoms with Crippen LogP contribution in [0.2, 0.25) is 0 Å². The molecule has 2 heterocycles. The van der Waals surface area contributed by atoms with Crippen molar-refractivity contribution in [3.63, 3.8) is 0 Å². The molecule has 0 aliphatic rings. The molecule has 20 heavy (non-hydrogen) atoms. The van der Waals surface area contributed by atoms with Crippen molar-refractivity contribution in [2.24, 2.45) is 0 Å². The van der Waals surface area contributed by atoms with E-state index in [-0.39, 0.29) is 12.4 Å². The third-order valence-corrected chi connectivity index (χ3v) is 3.18. The summed E-state index contributed by atoms with van der Waals surface area (Å²) in [7, 11) is 0. The highest BCUT2D eigenvalue weighted by Gasteiger charge is 2.05. The van der Waals surface area contributed by atoms with E-state index in [1.807, 2.05) is 24.5 Å². The molecule has 0 fully saturated rings. The van der Waals surface area contributed by atoms with E-state index in [1.54, 1.807) is 0 Å². The van der Waals surface area contributed by atoms with Crippen LogP contribution < -0.4 is 17.0 Å². The summed E-state index contributed by atoms with van der Waals surface area (Å²) in [6.45, 7) is 2.10. The molecule has 0 radical (unpaired) electrons. The second-order valence-corrected chi connectivity index (χ2v) is 4.57. The molecule has 2 aromatic heterocycles. The standard InChI is InChI=1S/C17H15N2.ClH/c1-14-2-4-17(5-3-14)19-12-8-16(9-13-19)15-6-10-18-11-7-15;/h2-13H,1H3;1H/q+1;/p-1. The summed E-state index contributed by atoms with van der Waals surface area (Å²) >= 11 is 0. The number of hydrogen-bond acceptors (Lipinski definition) is 1. The van der Waals surface area contributed by atoms with Gasteiger partial charge < -0.3 is 12.4 Å². The van der Waals surface area contributed by atoms with Crippen LogP contribution in [0.15, 0.2) is 73.3 Å². The Morgan fingerprint density at radius 2 is 1.30 bits per heavy atom. The lowest BCUT2D eigenvalue weighted by atomic mass is 10.1. The maximum Gasteiger partial charge on any atom is 0.210 e. The Morgan fingerprint density at radius 3 is 1.90 bits per heavy atom. The van der Waals surface area contributed by atoms with Crippen molar-refractivity contribution in [3.8, 4) is 16.8 Å². The summed E-state index contributed by atoms with van der Waals surface area (Å²) in [5.41, 5.74) is 4.83. The molecule has 3 rings (SSSR count). The van der Waals surface area contributed by atoms with Crippen molar-refractivity contribution in [3.05, 3.63) is 78.9 Å². The highest BCUT2D eigenvalue weighted by molar-refractivity contribution is 5.61. The summed E-state index contributed by atoms with van der Waals surface area (Å²) in [6, 6.07) is 16.8. The van der Waals surface area contributed by atoms with E-state index in [0.29, 0.717) is 0 Å². The average Bonchev–Trinajstić information content (AvgIpc) is 2.49. The van der Waals surface area contributed by atoms with Crippen LogP contribution in [0.25, 0.3) is 16.8 Å². The first-order chi connectivity index (χ1) is 9.33. The summed E-state index contributed by atoms with van der Waals surface area (Å²) in [5.74, 6) is 0. The van der Waals surface area contributed by atoms with Crippen LogP contribution in [-0.4, -0.2) is 4.98 Å². The van der Waals surface area contributed by atoms with Crippen molar-refractivity contribution >= 4 is 0 Å². The zero-order valence-electron chi connectivity index (χ0n) is 11.2. The number of rotatable bonds is 2. The van der Waals surface area contributed by atoms with Gasteiger partial charge in [-0.1, -0.05) is 17.7 Å². The van der Waals surface area contributed by atoms with Crippen molar-refractivity contribution in [2.75, 3.05) is 0 Å². The number of nitrogens with zero attached hydrogens (tertiary/aromatic N) is 2. The predicted molar refractivity (Wildman–Crippen MR) is 75.9 cm³/mol. The lowest BCUT2D eigenvalue weighted by Crippen LogP contribution is -3.00. The van der Waals surface area contributed by atoms with Gasteiger partial charge in [-0.3, -0.25) is 4.98 Å². The minimum atomic E-state index is 0. The molecular formula is C17H15ClN2. The van der Waals surface area contributed by atoms with E-state index in [4.69, 9.17) is 0 Å². The van der Waals surface area contributed by atoms with Gasteiger partial charge in [-0.15, -0.1) is 0 Å². The van der Waals surface area contributed by atoms with E-state index in [9.17, 15) is 0 Å². The SMILES string of the molecule is Cc1ccc(-[n+]2ccc(-c3ccncc3)cc2)cc1.[Cl-]. The molecule has 1 aromatic carbocycles. The molecule has 2 nitrogen and oxygen atoms in total. The highest BCUT2D eigenvalue weighted by Crippen LogP contribution is 2.16. The number of pyridine rings is 2. The number of aromatic nitrogens is 2. The van der Waals surface area contributed by atoms with Gasteiger partial charge in [-0.2, -0.15) is 4.57 Å². The lowest BCUT2D eigenvalue weighted by Gasteiger charge is -2.00. The van der Waals surface area contributed by atoms with Crippen LogP contribution >= 0.6 is 0 Å². The van der Waals surface area contributed by atoms with Crippen molar-refractivity contribution in [1.29, 1.82) is 0 Å². The molecule has 0 aliphatic carbocycles. The van der Waals surface area contributed by atoms with Gasteiger partial charge in [0.2, 0.25) is 5.69 Å². The Kier molecular flexibility index (Phi) is 4.49. The molecule has 3 aromatic rings. The molecule has 0 amide bonds. The fraction of sp³-hybridized carbons (Fsp3) is 0.0588. The molecule has 0 N–H and O–H groups in total. The van der Waals surface area contributed by atoms with E-state index in [1.165, 1.54) is 22.4 Å². The summed E-state index contributed by atoms with van der Waals surface area (Å²) in [6.07, 6.45) is 7.80. The fourth-order valence-electron chi connectivity index (χ4n) is 2.05.